The number of phenolic OH excluding ortho intramolecular Hbond substituents is 1. The van der Waals surface area contributed by atoms with E-state index in [4.69, 9.17) is 5.11 Å². The maximum Gasteiger partial charge on any atom is 0.462 e. The first-order valence-corrected chi connectivity index (χ1v) is 5.34. The Morgan fingerprint density at radius 1 is 1.25 bits per heavy atom. The van der Waals surface area contributed by atoms with Crippen LogP contribution in [0.2, 0.25) is 0 Å². The number of hydrogen-bond acceptors (Lipinski definition) is 4. The van der Waals surface area contributed by atoms with Crippen LogP contribution in [0.1, 0.15) is 0 Å². The van der Waals surface area contributed by atoms with Gasteiger partial charge >= 0.3 is 21.1 Å². The molecule has 1 heterocycles. The van der Waals surface area contributed by atoms with Crippen molar-refractivity contribution in [3.63, 3.8) is 0 Å². The van der Waals surface area contributed by atoms with Crippen molar-refractivity contribution in [3.05, 3.63) is 24.3 Å². The van der Waals surface area contributed by atoms with Crippen LogP contribution >= 0.6 is 21.1 Å². The predicted octanol–water partition coefficient (Wildman–Crippen LogP) is 2.25. The Bertz CT molecular complexity index is 357. The van der Waals surface area contributed by atoms with E-state index in [1.165, 1.54) is 21.1 Å². The molecular formula is C7H5N2OS2+. The van der Waals surface area contributed by atoms with Gasteiger partial charge in [0.25, 0.3) is 0 Å². The van der Waals surface area contributed by atoms with Crippen molar-refractivity contribution < 1.29 is 5.11 Å². The van der Waals surface area contributed by atoms with Crippen molar-refractivity contribution in [2.75, 3.05) is 0 Å². The molecule has 0 spiro atoms. The lowest BCUT2D eigenvalue weighted by Crippen LogP contribution is -1.77. The second-order valence-electron chi connectivity index (χ2n) is 2.20. The summed E-state index contributed by atoms with van der Waals surface area (Å²) in [5, 5.41) is 9.02. The van der Waals surface area contributed by atoms with Crippen molar-refractivity contribution in [2.45, 2.75) is 0 Å². The first-order valence-electron chi connectivity index (χ1n) is 3.27. The van der Waals surface area contributed by atoms with Crippen LogP contribution in [0, 0.1) is 0 Å². The number of aromatic hydroxyl groups is 1. The third-order valence-corrected chi connectivity index (χ3v) is 2.62. The summed E-state index contributed by atoms with van der Waals surface area (Å²) in [6.45, 7) is 0. The number of phenols is 1. The van der Waals surface area contributed by atoms with Crippen LogP contribution in [-0.2, 0) is 0 Å². The average molecular weight is 197 g/mol. The lowest BCUT2D eigenvalue weighted by Gasteiger charge is -1.91. The molecule has 0 aliphatic carbocycles. The van der Waals surface area contributed by atoms with Crippen molar-refractivity contribution >= 4 is 21.1 Å². The molecule has 60 valence electrons. The van der Waals surface area contributed by atoms with Gasteiger partial charge < -0.3 is 5.11 Å². The number of aromatic nitrogens is 2. The van der Waals surface area contributed by atoms with Crippen LogP contribution < -0.4 is 0 Å². The Morgan fingerprint density at radius 2 is 2.00 bits per heavy atom. The molecule has 0 amide bonds. The summed E-state index contributed by atoms with van der Waals surface area (Å²) in [5.41, 5.74) is 0.935. The highest BCUT2D eigenvalue weighted by Crippen LogP contribution is 2.20. The topological polar surface area (TPSA) is 46.0 Å². The molecule has 1 aromatic heterocycles. The molecule has 0 saturated heterocycles. The zero-order valence-corrected chi connectivity index (χ0v) is 7.60. The molecule has 0 radical (unpaired) electrons. The lowest BCUT2D eigenvalue weighted by molar-refractivity contribution is 0.475. The third kappa shape index (κ3) is 1.41. The largest absolute Gasteiger partial charge is 0.508 e. The van der Waals surface area contributed by atoms with E-state index < -0.39 is 0 Å². The van der Waals surface area contributed by atoms with Gasteiger partial charge in [-0.2, -0.15) is 0 Å². The van der Waals surface area contributed by atoms with Gasteiger partial charge in [-0.15, -0.1) is 4.37 Å². The van der Waals surface area contributed by atoms with E-state index in [1.54, 1.807) is 24.3 Å². The fourth-order valence-electron chi connectivity index (χ4n) is 0.837. The highest BCUT2D eigenvalue weighted by atomic mass is 32.9. The van der Waals surface area contributed by atoms with Gasteiger partial charge in [-0.1, -0.05) is 0 Å². The first kappa shape index (κ1) is 7.57. The van der Waals surface area contributed by atoms with E-state index in [2.05, 4.69) is 8.75 Å². The first-order chi connectivity index (χ1) is 5.86. The molecule has 0 aliphatic heterocycles. The maximum absolute atomic E-state index is 9.02. The van der Waals surface area contributed by atoms with Gasteiger partial charge in [-0.3, -0.25) is 0 Å². The fourth-order valence-corrected chi connectivity index (χ4v) is 2.01. The van der Waals surface area contributed by atoms with Crippen LogP contribution in [0.3, 0.4) is 0 Å². The van der Waals surface area contributed by atoms with Gasteiger partial charge in [0.2, 0.25) is 5.82 Å². The smallest absolute Gasteiger partial charge is 0.462 e. The van der Waals surface area contributed by atoms with Gasteiger partial charge in [0.15, 0.2) is 0 Å². The lowest BCUT2D eigenvalue weighted by atomic mass is 10.2. The second-order valence-corrected chi connectivity index (χ2v) is 3.76. The Labute approximate surface area is 76.7 Å². The number of nitrogens with zero attached hydrogens (tertiary/aromatic N) is 2. The highest BCUT2D eigenvalue weighted by Gasteiger charge is 2.08. The van der Waals surface area contributed by atoms with Crippen LogP contribution in [0.4, 0.5) is 0 Å². The Kier molecular flexibility index (Phi) is 1.97. The van der Waals surface area contributed by atoms with E-state index in [0.717, 1.165) is 11.4 Å². The zero-order chi connectivity index (χ0) is 8.39. The fraction of sp³-hybridized carbons (Fsp3) is 0. The number of rotatable bonds is 1. The van der Waals surface area contributed by atoms with E-state index in [9.17, 15) is 0 Å². The van der Waals surface area contributed by atoms with Gasteiger partial charge in [0, 0.05) is 5.56 Å². The summed E-state index contributed by atoms with van der Waals surface area (Å²) in [5.74, 6) is 0.989. The molecule has 1 aromatic carbocycles. The van der Waals surface area contributed by atoms with Gasteiger partial charge in [-0.05, 0) is 24.3 Å². The Morgan fingerprint density at radius 3 is 2.58 bits per heavy atom. The summed E-state index contributed by atoms with van der Waals surface area (Å²) in [7, 11) is 2.71. The van der Waals surface area contributed by atoms with E-state index in [1.807, 2.05) is 0 Å². The molecule has 0 aliphatic rings. The van der Waals surface area contributed by atoms with Crippen LogP contribution in [0.5, 0.6) is 5.75 Å². The molecular weight excluding hydrogens is 192 g/mol. The van der Waals surface area contributed by atoms with Gasteiger partial charge in [-0.25, -0.2) is 0 Å². The molecule has 0 fully saturated rings. The second kappa shape index (κ2) is 3.12. The molecule has 5 heteroatoms. The Balaban J connectivity index is 2.43. The SMILES string of the molecule is Oc1ccc(-c2ns[s+]n2)cc1. The van der Waals surface area contributed by atoms with Crippen LogP contribution in [-0.4, -0.2) is 13.9 Å². The zero-order valence-electron chi connectivity index (χ0n) is 5.97. The van der Waals surface area contributed by atoms with Crippen molar-refractivity contribution in [2.24, 2.45) is 0 Å². The molecule has 1 N–H and O–H groups in total. The van der Waals surface area contributed by atoms with Crippen molar-refractivity contribution in [1.29, 1.82) is 0 Å². The summed E-state index contributed by atoms with van der Waals surface area (Å²) in [4.78, 5) is 0. The van der Waals surface area contributed by atoms with Crippen molar-refractivity contribution in [1.82, 2.24) is 8.75 Å². The molecule has 0 bridgehead atoms. The minimum atomic E-state index is 0.262. The maximum atomic E-state index is 9.02. The van der Waals surface area contributed by atoms with E-state index in [-0.39, 0.29) is 5.75 Å². The van der Waals surface area contributed by atoms with E-state index in [0.29, 0.717) is 0 Å². The highest BCUT2D eigenvalue weighted by molar-refractivity contribution is 7.64. The molecule has 0 unspecified atom stereocenters. The molecule has 0 saturated carbocycles. The van der Waals surface area contributed by atoms with E-state index >= 15 is 0 Å². The van der Waals surface area contributed by atoms with Crippen LogP contribution in [0.15, 0.2) is 24.3 Å². The molecule has 2 aromatic rings. The summed E-state index contributed by atoms with van der Waals surface area (Å²) >= 11 is 0. The monoisotopic (exact) mass is 197 g/mol. The average Bonchev–Trinajstić information content (AvgIpc) is 2.58. The minimum Gasteiger partial charge on any atom is -0.508 e. The third-order valence-electron chi connectivity index (χ3n) is 1.41. The quantitative estimate of drug-likeness (QED) is 0.563. The summed E-state index contributed by atoms with van der Waals surface area (Å²) in [6.07, 6.45) is 0. The Hall–Kier alpha value is -1.07. The summed E-state index contributed by atoms with van der Waals surface area (Å²) < 4.78 is 8.17. The molecule has 0 atom stereocenters. The summed E-state index contributed by atoms with van der Waals surface area (Å²) in [6, 6.07) is 6.84. The standard InChI is InChI=1S/C7H4N2OS2/c10-6-3-1-5(2-4-6)7-8-11-12-9-7/h1-4H/p+1. The van der Waals surface area contributed by atoms with Crippen LogP contribution in [0.25, 0.3) is 11.4 Å². The molecule has 12 heavy (non-hydrogen) atoms. The molecule has 3 nitrogen and oxygen atoms in total. The minimum absolute atomic E-state index is 0.262. The normalized spacial score (nSPS) is 10.0. The number of hydrogen-bond donors (Lipinski definition) is 1. The van der Waals surface area contributed by atoms with Gasteiger partial charge in [0.1, 0.15) is 5.75 Å². The van der Waals surface area contributed by atoms with Crippen molar-refractivity contribution in [3.8, 4) is 17.1 Å². The van der Waals surface area contributed by atoms with Gasteiger partial charge in [0.05, 0.1) is 4.37 Å². The number of benzene rings is 1. The molecule has 2 rings (SSSR count). The predicted molar refractivity (Wildman–Crippen MR) is 49.3 cm³/mol.